The molecule has 5 nitrogen and oxygen atoms in total. The minimum atomic E-state index is -0.184. The number of nitrogens with one attached hydrogen (secondary N) is 2. The van der Waals surface area contributed by atoms with Gasteiger partial charge in [-0.15, -0.1) is 0 Å². The van der Waals surface area contributed by atoms with Gasteiger partial charge in [-0.25, -0.2) is 4.98 Å². The monoisotopic (exact) mass is 366 g/mol. The summed E-state index contributed by atoms with van der Waals surface area (Å²) in [6.07, 6.45) is 2.31. The first-order chi connectivity index (χ1) is 10.1. The number of aromatic nitrogens is 1. The van der Waals surface area contributed by atoms with Gasteiger partial charge in [0.15, 0.2) is 5.13 Å². The van der Waals surface area contributed by atoms with Gasteiger partial charge in [-0.3, -0.25) is 4.79 Å². The molecule has 1 saturated carbocycles. The van der Waals surface area contributed by atoms with Crippen LogP contribution in [0.4, 0.5) is 10.9 Å². The Morgan fingerprint density at radius 1 is 1.38 bits per heavy atom. The highest BCUT2D eigenvalue weighted by Crippen LogP contribution is 2.30. The van der Waals surface area contributed by atoms with Crippen molar-refractivity contribution in [1.82, 2.24) is 10.3 Å². The third kappa shape index (κ3) is 3.74. The second-order valence-electron chi connectivity index (χ2n) is 4.96. The molecule has 1 aromatic heterocycles. The van der Waals surface area contributed by atoms with E-state index in [1.807, 2.05) is 24.3 Å². The van der Waals surface area contributed by atoms with Crippen molar-refractivity contribution in [1.29, 1.82) is 0 Å². The number of anilines is 2. The third-order valence-electron chi connectivity index (χ3n) is 3.13. The fraction of sp³-hybridized carbons (Fsp3) is 0.286. The highest BCUT2D eigenvalue weighted by Gasteiger charge is 2.24. The molecule has 0 spiro atoms. The number of thiazole rings is 1. The van der Waals surface area contributed by atoms with Crippen LogP contribution in [0.1, 0.15) is 28.1 Å². The maximum absolute atomic E-state index is 12.2. The predicted molar refractivity (Wildman–Crippen MR) is 88.5 cm³/mol. The topological polar surface area (TPSA) is 80.0 Å². The van der Waals surface area contributed by atoms with Gasteiger partial charge in [-0.2, -0.15) is 0 Å². The molecule has 2 aromatic rings. The summed E-state index contributed by atoms with van der Waals surface area (Å²) < 4.78 is 1.01. The molecule has 0 radical (unpaired) electrons. The van der Waals surface area contributed by atoms with Crippen LogP contribution in [-0.4, -0.2) is 16.9 Å². The Morgan fingerprint density at radius 2 is 2.10 bits per heavy atom. The predicted octanol–water partition coefficient (Wildman–Crippen LogP) is 2.99. The van der Waals surface area contributed by atoms with Gasteiger partial charge < -0.3 is 16.4 Å². The summed E-state index contributed by atoms with van der Waals surface area (Å²) in [4.78, 5) is 16.8. The first-order valence-corrected chi connectivity index (χ1v) is 8.28. The van der Waals surface area contributed by atoms with Gasteiger partial charge in [0.05, 0.1) is 0 Å². The number of halogens is 1. The van der Waals surface area contributed by atoms with E-state index in [0.717, 1.165) is 28.0 Å². The van der Waals surface area contributed by atoms with Crippen molar-refractivity contribution in [3.8, 4) is 0 Å². The zero-order chi connectivity index (χ0) is 14.8. The smallest absolute Gasteiger partial charge is 0.265 e. The number of nitrogens with zero attached hydrogens (tertiary/aromatic N) is 1. The van der Waals surface area contributed by atoms with Crippen LogP contribution in [0.2, 0.25) is 0 Å². The molecule has 7 heteroatoms. The number of amides is 1. The fourth-order valence-electron chi connectivity index (χ4n) is 1.82. The molecule has 1 aliphatic carbocycles. The molecule has 0 atom stereocenters. The molecule has 1 aliphatic rings. The minimum absolute atomic E-state index is 0.184. The Balaban J connectivity index is 1.61. The lowest BCUT2D eigenvalue weighted by atomic mass is 10.2. The van der Waals surface area contributed by atoms with Crippen molar-refractivity contribution < 1.29 is 4.79 Å². The molecule has 110 valence electrons. The van der Waals surface area contributed by atoms with Gasteiger partial charge in [-0.1, -0.05) is 39.4 Å². The molecule has 1 aromatic carbocycles. The molecule has 0 saturated heterocycles. The van der Waals surface area contributed by atoms with E-state index in [9.17, 15) is 4.79 Å². The lowest BCUT2D eigenvalue weighted by Gasteiger charge is -2.04. The summed E-state index contributed by atoms with van der Waals surface area (Å²) in [5, 5.41) is 6.85. The second-order valence-corrected chi connectivity index (χ2v) is 6.88. The van der Waals surface area contributed by atoms with Crippen LogP contribution in [0, 0.1) is 0 Å². The number of nitrogens with two attached hydrogens (primary N) is 1. The summed E-state index contributed by atoms with van der Waals surface area (Å²) in [5.41, 5.74) is 6.85. The van der Waals surface area contributed by atoms with Gasteiger partial charge in [0.25, 0.3) is 5.91 Å². The van der Waals surface area contributed by atoms with E-state index in [0.29, 0.717) is 17.5 Å². The van der Waals surface area contributed by atoms with Crippen LogP contribution in [-0.2, 0) is 6.54 Å². The number of benzene rings is 1. The molecular weight excluding hydrogens is 352 g/mol. The Hall–Kier alpha value is -1.60. The van der Waals surface area contributed by atoms with Gasteiger partial charge in [-0.05, 0) is 30.5 Å². The maximum atomic E-state index is 12.2. The van der Waals surface area contributed by atoms with Gasteiger partial charge in [0.1, 0.15) is 10.7 Å². The zero-order valence-electron chi connectivity index (χ0n) is 11.2. The van der Waals surface area contributed by atoms with Crippen molar-refractivity contribution in [3.05, 3.63) is 39.2 Å². The van der Waals surface area contributed by atoms with Crippen molar-refractivity contribution in [2.45, 2.75) is 25.4 Å². The van der Waals surface area contributed by atoms with Crippen LogP contribution in [0.25, 0.3) is 0 Å². The SMILES string of the molecule is Nc1nc(NC2CC2)sc1C(=O)NCc1ccc(Br)cc1. The zero-order valence-corrected chi connectivity index (χ0v) is 13.6. The quantitative estimate of drug-likeness (QED) is 0.759. The first kappa shape index (κ1) is 14.3. The minimum Gasteiger partial charge on any atom is -0.382 e. The Labute approximate surface area is 135 Å². The summed E-state index contributed by atoms with van der Waals surface area (Å²) >= 11 is 4.69. The average molecular weight is 367 g/mol. The normalized spacial score (nSPS) is 14.0. The van der Waals surface area contributed by atoms with Crippen LogP contribution in [0.5, 0.6) is 0 Å². The lowest BCUT2D eigenvalue weighted by Crippen LogP contribution is -2.22. The van der Waals surface area contributed by atoms with Crippen LogP contribution >= 0.6 is 27.3 Å². The van der Waals surface area contributed by atoms with E-state index in [4.69, 9.17) is 5.73 Å². The first-order valence-electron chi connectivity index (χ1n) is 6.67. The number of nitrogen functional groups attached to an aromatic ring is 1. The molecule has 21 heavy (non-hydrogen) atoms. The molecule has 0 bridgehead atoms. The fourth-order valence-corrected chi connectivity index (χ4v) is 2.97. The molecule has 1 amide bonds. The number of hydrogen-bond acceptors (Lipinski definition) is 5. The van der Waals surface area contributed by atoms with E-state index >= 15 is 0 Å². The molecule has 3 rings (SSSR count). The second kappa shape index (κ2) is 6.03. The number of carbonyl (C=O) groups is 1. The Morgan fingerprint density at radius 3 is 2.76 bits per heavy atom. The number of rotatable bonds is 5. The van der Waals surface area contributed by atoms with Crippen molar-refractivity contribution >= 4 is 44.1 Å². The van der Waals surface area contributed by atoms with Crippen molar-refractivity contribution in [3.63, 3.8) is 0 Å². The molecular formula is C14H15BrN4OS. The van der Waals surface area contributed by atoms with E-state index in [1.54, 1.807) is 0 Å². The van der Waals surface area contributed by atoms with Crippen molar-refractivity contribution in [2.24, 2.45) is 0 Å². The van der Waals surface area contributed by atoms with Crippen LogP contribution in [0.3, 0.4) is 0 Å². The molecule has 1 heterocycles. The molecule has 0 aliphatic heterocycles. The summed E-state index contributed by atoms with van der Waals surface area (Å²) in [6, 6.07) is 8.30. The maximum Gasteiger partial charge on any atom is 0.265 e. The summed E-state index contributed by atoms with van der Waals surface area (Å²) in [7, 11) is 0. The van der Waals surface area contributed by atoms with E-state index in [2.05, 4.69) is 31.5 Å². The molecule has 4 N–H and O–H groups in total. The molecule has 1 fully saturated rings. The highest BCUT2D eigenvalue weighted by atomic mass is 79.9. The number of carbonyl (C=O) groups excluding carboxylic acids is 1. The van der Waals surface area contributed by atoms with E-state index < -0.39 is 0 Å². The third-order valence-corrected chi connectivity index (χ3v) is 4.66. The van der Waals surface area contributed by atoms with E-state index in [-0.39, 0.29) is 11.7 Å². The highest BCUT2D eigenvalue weighted by molar-refractivity contribution is 9.10. The van der Waals surface area contributed by atoms with Gasteiger partial charge in [0, 0.05) is 17.1 Å². The van der Waals surface area contributed by atoms with Gasteiger partial charge >= 0.3 is 0 Å². The molecule has 0 unspecified atom stereocenters. The van der Waals surface area contributed by atoms with E-state index in [1.165, 1.54) is 11.3 Å². The Kier molecular flexibility index (Phi) is 4.12. The summed E-state index contributed by atoms with van der Waals surface area (Å²) in [6.45, 7) is 0.467. The van der Waals surface area contributed by atoms with Gasteiger partial charge in [0.2, 0.25) is 0 Å². The summed E-state index contributed by atoms with van der Waals surface area (Å²) in [5.74, 6) is 0.105. The average Bonchev–Trinajstić information content (AvgIpc) is 3.19. The number of hydrogen-bond donors (Lipinski definition) is 3. The van der Waals surface area contributed by atoms with Crippen LogP contribution < -0.4 is 16.4 Å². The van der Waals surface area contributed by atoms with Crippen LogP contribution in [0.15, 0.2) is 28.7 Å². The Bertz CT molecular complexity index is 651. The lowest BCUT2D eigenvalue weighted by molar-refractivity contribution is 0.0955. The largest absolute Gasteiger partial charge is 0.382 e. The standard InChI is InChI=1S/C14H15BrN4OS/c15-9-3-1-8(2-4-9)7-17-13(20)11-12(16)19-14(21-11)18-10-5-6-10/h1-4,10H,5-7,16H2,(H,17,20)(H,18,19). The van der Waals surface area contributed by atoms with Crippen molar-refractivity contribution in [2.75, 3.05) is 11.1 Å².